The number of rotatable bonds is 5. The summed E-state index contributed by atoms with van der Waals surface area (Å²) in [7, 11) is 0. The SMILES string of the molecule is c1ccc(-c2nc3n(-c4ccccc4)c4ccccc4n3c2-c2ccc3c(c2)c2ccccc2n3-c2nc(-c3ccccc3)c3ccccc3n2)cc1. The van der Waals surface area contributed by atoms with E-state index < -0.39 is 0 Å². The van der Waals surface area contributed by atoms with Crippen molar-refractivity contribution in [3.8, 4) is 45.4 Å². The van der Waals surface area contributed by atoms with Gasteiger partial charge in [0.15, 0.2) is 0 Å². The summed E-state index contributed by atoms with van der Waals surface area (Å²) < 4.78 is 6.79. The number of aromatic nitrogens is 6. The Morgan fingerprint density at radius 3 is 1.70 bits per heavy atom. The van der Waals surface area contributed by atoms with Gasteiger partial charge in [-0.1, -0.05) is 133 Å². The molecule has 53 heavy (non-hydrogen) atoms. The van der Waals surface area contributed by atoms with Crippen molar-refractivity contribution in [2.45, 2.75) is 0 Å². The van der Waals surface area contributed by atoms with Gasteiger partial charge in [-0.2, -0.15) is 0 Å². The van der Waals surface area contributed by atoms with Crippen LogP contribution in [0.15, 0.2) is 182 Å². The van der Waals surface area contributed by atoms with Crippen molar-refractivity contribution in [3.63, 3.8) is 0 Å². The highest BCUT2D eigenvalue weighted by Crippen LogP contribution is 2.41. The second-order valence-corrected chi connectivity index (χ2v) is 13.3. The molecule has 6 nitrogen and oxygen atoms in total. The molecule has 11 aromatic rings. The molecule has 4 aromatic heterocycles. The first-order valence-corrected chi connectivity index (χ1v) is 17.8. The van der Waals surface area contributed by atoms with E-state index in [1.807, 2.05) is 18.2 Å². The highest BCUT2D eigenvalue weighted by molar-refractivity contribution is 6.11. The molecule has 0 radical (unpaired) electrons. The number of hydrogen-bond donors (Lipinski definition) is 0. The number of nitrogens with zero attached hydrogens (tertiary/aromatic N) is 6. The first-order chi connectivity index (χ1) is 26.3. The molecule has 0 amide bonds. The summed E-state index contributed by atoms with van der Waals surface area (Å²) in [6.07, 6.45) is 0. The lowest BCUT2D eigenvalue weighted by molar-refractivity contribution is 1.01. The molecule has 0 fully saturated rings. The topological polar surface area (TPSA) is 52.9 Å². The smallest absolute Gasteiger partial charge is 0.235 e. The Morgan fingerprint density at radius 2 is 0.943 bits per heavy atom. The predicted molar refractivity (Wildman–Crippen MR) is 216 cm³/mol. The Kier molecular flexibility index (Phi) is 6.45. The Morgan fingerprint density at radius 1 is 0.358 bits per heavy atom. The van der Waals surface area contributed by atoms with Crippen LogP contribution in [-0.2, 0) is 0 Å². The van der Waals surface area contributed by atoms with Gasteiger partial charge < -0.3 is 0 Å². The summed E-state index contributed by atoms with van der Waals surface area (Å²) in [4.78, 5) is 15.9. The van der Waals surface area contributed by atoms with E-state index in [9.17, 15) is 0 Å². The van der Waals surface area contributed by atoms with E-state index in [0.717, 1.165) is 89.0 Å². The summed E-state index contributed by atoms with van der Waals surface area (Å²) in [5, 5.41) is 3.28. The average molecular weight is 679 g/mol. The van der Waals surface area contributed by atoms with Gasteiger partial charge in [-0.3, -0.25) is 13.5 Å². The molecular weight excluding hydrogens is 649 g/mol. The Hall–Kier alpha value is -7.31. The zero-order chi connectivity index (χ0) is 34.9. The molecule has 0 spiro atoms. The van der Waals surface area contributed by atoms with E-state index in [-0.39, 0.29) is 0 Å². The Labute approximate surface area is 304 Å². The lowest BCUT2D eigenvalue weighted by Crippen LogP contribution is -2.03. The molecule has 4 heterocycles. The number of imidazole rings is 2. The van der Waals surface area contributed by atoms with Gasteiger partial charge in [0, 0.05) is 38.5 Å². The molecule has 248 valence electrons. The highest BCUT2D eigenvalue weighted by atomic mass is 15.2. The zero-order valence-corrected chi connectivity index (χ0v) is 28.5. The van der Waals surface area contributed by atoms with Crippen molar-refractivity contribution in [1.29, 1.82) is 0 Å². The first kappa shape index (κ1) is 29.4. The normalized spacial score (nSPS) is 11.8. The molecule has 11 rings (SSSR count). The van der Waals surface area contributed by atoms with Crippen LogP contribution < -0.4 is 0 Å². The quantitative estimate of drug-likeness (QED) is 0.182. The van der Waals surface area contributed by atoms with Gasteiger partial charge >= 0.3 is 0 Å². The van der Waals surface area contributed by atoms with Crippen LogP contribution in [-0.4, -0.2) is 28.5 Å². The number of hydrogen-bond acceptors (Lipinski definition) is 3. The van der Waals surface area contributed by atoms with Crippen LogP contribution in [0.25, 0.3) is 94.9 Å². The number of fused-ring (bicyclic) bond motifs is 7. The zero-order valence-electron chi connectivity index (χ0n) is 28.5. The second-order valence-electron chi connectivity index (χ2n) is 13.3. The monoisotopic (exact) mass is 678 g/mol. The van der Waals surface area contributed by atoms with E-state index in [1.54, 1.807) is 0 Å². The second kappa shape index (κ2) is 11.6. The summed E-state index contributed by atoms with van der Waals surface area (Å²) in [6.45, 7) is 0. The summed E-state index contributed by atoms with van der Waals surface area (Å²) in [5.41, 5.74) is 12.4. The van der Waals surface area contributed by atoms with Crippen LogP contribution >= 0.6 is 0 Å². The molecule has 0 aliphatic rings. The molecule has 0 saturated heterocycles. The van der Waals surface area contributed by atoms with Gasteiger partial charge in [-0.05, 0) is 48.5 Å². The van der Waals surface area contributed by atoms with Crippen LogP contribution in [0.2, 0.25) is 0 Å². The van der Waals surface area contributed by atoms with Gasteiger partial charge in [0.05, 0.1) is 44.7 Å². The van der Waals surface area contributed by atoms with Crippen LogP contribution in [0.5, 0.6) is 0 Å². The third kappa shape index (κ3) is 4.49. The van der Waals surface area contributed by atoms with E-state index in [1.165, 1.54) is 0 Å². The van der Waals surface area contributed by atoms with Crippen molar-refractivity contribution in [2.24, 2.45) is 0 Å². The van der Waals surface area contributed by atoms with Gasteiger partial charge in [0.1, 0.15) is 0 Å². The molecule has 0 aliphatic carbocycles. The van der Waals surface area contributed by atoms with Crippen molar-refractivity contribution < 1.29 is 0 Å². The Balaban J connectivity index is 1.21. The molecule has 0 unspecified atom stereocenters. The Bertz CT molecular complexity index is 3160. The summed E-state index contributed by atoms with van der Waals surface area (Å²) >= 11 is 0. The highest BCUT2D eigenvalue weighted by Gasteiger charge is 2.24. The van der Waals surface area contributed by atoms with Gasteiger partial charge in [0.25, 0.3) is 0 Å². The van der Waals surface area contributed by atoms with Crippen LogP contribution in [0.3, 0.4) is 0 Å². The van der Waals surface area contributed by atoms with Crippen LogP contribution in [0, 0.1) is 0 Å². The predicted octanol–water partition coefficient (Wildman–Crippen LogP) is 11.3. The van der Waals surface area contributed by atoms with Crippen molar-refractivity contribution in [1.82, 2.24) is 28.5 Å². The first-order valence-electron chi connectivity index (χ1n) is 17.8. The minimum atomic E-state index is 0.643. The van der Waals surface area contributed by atoms with Crippen LogP contribution in [0.4, 0.5) is 0 Å². The molecule has 6 heteroatoms. The van der Waals surface area contributed by atoms with E-state index >= 15 is 0 Å². The third-order valence-corrected chi connectivity index (χ3v) is 10.3. The summed E-state index contributed by atoms with van der Waals surface area (Å²) in [6, 6.07) is 63.5. The van der Waals surface area contributed by atoms with E-state index in [0.29, 0.717) is 5.95 Å². The number of benzene rings is 7. The van der Waals surface area contributed by atoms with Crippen LogP contribution in [0.1, 0.15) is 0 Å². The largest absolute Gasteiger partial charge is 0.278 e. The molecule has 7 aromatic carbocycles. The molecule has 0 aliphatic heterocycles. The average Bonchev–Trinajstić information content (AvgIpc) is 3.88. The lowest BCUT2D eigenvalue weighted by Gasteiger charge is -2.12. The maximum absolute atomic E-state index is 5.44. The molecular formula is C47H30N6. The minimum absolute atomic E-state index is 0.643. The number of para-hydroxylation sites is 5. The third-order valence-electron chi connectivity index (χ3n) is 10.3. The minimum Gasteiger partial charge on any atom is -0.278 e. The summed E-state index contributed by atoms with van der Waals surface area (Å²) in [5.74, 6) is 1.51. The van der Waals surface area contributed by atoms with Gasteiger partial charge in [-0.15, -0.1) is 0 Å². The van der Waals surface area contributed by atoms with E-state index in [4.69, 9.17) is 15.0 Å². The van der Waals surface area contributed by atoms with E-state index in [2.05, 4.69) is 177 Å². The maximum atomic E-state index is 5.44. The molecule has 0 atom stereocenters. The lowest BCUT2D eigenvalue weighted by atomic mass is 10.0. The van der Waals surface area contributed by atoms with Crippen molar-refractivity contribution in [3.05, 3.63) is 182 Å². The fourth-order valence-electron chi connectivity index (χ4n) is 7.95. The maximum Gasteiger partial charge on any atom is 0.235 e. The fraction of sp³-hybridized carbons (Fsp3) is 0. The van der Waals surface area contributed by atoms with Gasteiger partial charge in [0.2, 0.25) is 11.7 Å². The molecule has 0 bridgehead atoms. The fourth-order valence-corrected chi connectivity index (χ4v) is 7.95. The van der Waals surface area contributed by atoms with Crippen molar-refractivity contribution >= 4 is 49.5 Å². The molecule has 0 saturated carbocycles. The van der Waals surface area contributed by atoms with Crippen molar-refractivity contribution in [2.75, 3.05) is 0 Å². The standard InChI is InChI=1S/C47H30N6/c1-4-16-31(17-5-1)43-36-23-10-12-24-38(36)48-46(49-43)52-39-25-13-11-22-35(39)37-30-33(28-29-40(37)52)45-44(32-18-6-2-7-19-32)50-47-51(34-20-8-3-9-21-34)41-26-14-15-27-42(41)53(45)47/h1-30H. The molecule has 0 N–H and O–H groups in total. The van der Waals surface area contributed by atoms with Gasteiger partial charge in [-0.25, -0.2) is 15.0 Å².